The summed E-state index contributed by atoms with van der Waals surface area (Å²) in [4.78, 5) is 12.4. The third-order valence-electron chi connectivity index (χ3n) is 3.95. The molecule has 0 saturated heterocycles. The first kappa shape index (κ1) is 17.5. The molecule has 1 aromatic heterocycles. The van der Waals surface area contributed by atoms with Gasteiger partial charge >= 0.3 is 0 Å². The molecule has 26 heavy (non-hydrogen) atoms. The molecule has 0 saturated carbocycles. The molecule has 0 bridgehead atoms. The average Bonchev–Trinajstić information content (AvgIpc) is 2.65. The Bertz CT molecular complexity index is 995. The second kappa shape index (κ2) is 6.87. The van der Waals surface area contributed by atoms with Gasteiger partial charge in [0, 0.05) is 17.7 Å². The molecule has 0 fully saturated rings. The lowest BCUT2D eigenvalue weighted by atomic mass is 10.1. The van der Waals surface area contributed by atoms with Crippen molar-refractivity contribution in [2.75, 3.05) is 28.4 Å². The zero-order valence-electron chi connectivity index (χ0n) is 14.7. The highest BCUT2D eigenvalue weighted by Crippen LogP contribution is 2.41. The highest BCUT2D eigenvalue weighted by Gasteiger charge is 2.16. The molecule has 0 N–H and O–H groups in total. The van der Waals surface area contributed by atoms with Gasteiger partial charge in [-0.3, -0.25) is 4.79 Å². The normalized spacial score (nSPS) is 10.6. The van der Waals surface area contributed by atoms with Gasteiger partial charge in [-0.1, -0.05) is 5.75 Å². The molecule has 0 aliphatic heterocycles. The molecule has 0 radical (unpaired) electrons. The first-order valence-electron chi connectivity index (χ1n) is 7.65. The van der Waals surface area contributed by atoms with Gasteiger partial charge in [0.15, 0.2) is 16.9 Å². The van der Waals surface area contributed by atoms with Crippen molar-refractivity contribution in [3.05, 3.63) is 40.6 Å². The number of ether oxygens (including phenoxy) is 4. The highest BCUT2D eigenvalue weighted by atomic mass is 16.5. The van der Waals surface area contributed by atoms with E-state index in [1.807, 2.05) is 0 Å². The summed E-state index contributed by atoms with van der Waals surface area (Å²) in [5.74, 6) is 1.37. The zero-order valence-corrected chi connectivity index (χ0v) is 14.7. The maximum Gasteiger partial charge on any atom is 0.203 e. The molecular formula is C19H17O7-. The van der Waals surface area contributed by atoms with Crippen LogP contribution in [0.25, 0.3) is 22.3 Å². The van der Waals surface area contributed by atoms with E-state index in [-0.39, 0.29) is 16.7 Å². The minimum Gasteiger partial charge on any atom is -0.872 e. The summed E-state index contributed by atoms with van der Waals surface area (Å²) < 4.78 is 26.8. The highest BCUT2D eigenvalue weighted by molar-refractivity contribution is 5.86. The molecule has 0 amide bonds. The Labute approximate surface area is 149 Å². The first-order chi connectivity index (χ1) is 12.5. The van der Waals surface area contributed by atoms with Gasteiger partial charge in [-0.2, -0.15) is 0 Å². The SMILES string of the molecule is COc1cc([O-])c2c(=O)cc(-c3cc(OC)c(OC)c(OC)c3)oc2c1. The van der Waals surface area contributed by atoms with Gasteiger partial charge in [-0.15, -0.1) is 0 Å². The standard InChI is InChI=1S/C19H18O7/c1-22-11-7-12(20)18-13(21)9-14(26-15(18)8-11)10-5-16(23-2)19(25-4)17(6-10)24-3/h5-9,20H,1-4H3/p-1. The molecule has 1 heterocycles. The molecule has 0 spiro atoms. The molecule has 136 valence electrons. The van der Waals surface area contributed by atoms with Crippen LogP contribution >= 0.6 is 0 Å². The molecule has 0 atom stereocenters. The largest absolute Gasteiger partial charge is 0.872 e. The van der Waals surface area contributed by atoms with Crippen LogP contribution in [0, 0.1) is 0 Å². The minimum atomic E-state index is -0.454. The Morgan fingerprint density at radius 3 is 2.04 bits per heavy atom. The zero-order chi connectivity index (χ0) is 18.8. The van der Waals surface area contributed by atoms with Crippen LogP contribution in [-0.2, 0) is 0 Å². The lowest BCUT2D eigenvalue weighted by molar-refractivity contribution is -0.266. The maximum atomic E-state index is 12.4. The van der Waals surface area contributed by atoms with Crippen molar-refractivity contribution in [1.29, 1.82) is 0 Å². The van der Waals surface area contributed by atoms with Crippen LogP contribution in [0.15, 0.2) is 39.5 Å². The van der Waals surface area contributed by atoms with Crippen molar-refractivity contribution in [2.24, 2.45) is 0 Å². The summed E-state index contributed by atoms with van der Waals surface area (Å²) in [7, 11) is 5.92. The van der Waals surface area contributed by atoms with Gasteiger partial charge in [0.1, 0.15) is 17.1 Å². The number of methoxy groups -OCH3 is 4. The van der Waals surface area contributed by atoms with Crippen LogP contribution in [0.5, 0.6) is 28.7 Å². The number of benzene rings is 2. The maximum absolute atomic E-state index is 12.4. The summed E-state index contributed by atoms with van der Waals surface area (Å²) in [6, 6.07) is 7.32. The van der Waals surface area contributed by atoms with Crippen LogP contribution in [0.2, 0.25) is 0 Å². The summed E-state index contributed by atoms with van der Waals surface area (Å²) >= 11 is 0. The fourth-order valence-corrected chi connectivity index (χ4v) is 2.71. The van der Waals surface area contributed by atoms with E-state index in [9.17, 15) is 9.90 Å². The smallest absolute Gasteiger partial charge is 0.203 e. The van der Waals surface area contributed by atoms with E-state index in [2.05, 4.69) is 0 Å². The first-order valence-corrected chi connectivity index (χ1v) is 7.65. The molecule has 0 unspecified atom stereocenters. The van der Waals surface area contributed by atoms with E-state index in [1.165, 1.54) is 46.6 Å². The van der Waals surface area contributed by atoms with Crippen molar-refractivity contribution in [1.82, 2.24) is 0 Å². The van der Waals surface area contributed by atoms with Crippen molar-refractivity contribution >= 4 is 11.0 Å². The van der Waals surface area contributed by atoms with E-state index >= 15 is 0 Å². The van der Waals surface area contributed by atoms with Gasteiger partial charge in [-0.05, 0) is 18.2 Å². The summed E-state index contributed by atoms with van der Waals surface area (Å²) in [5, 5.41) is 12.1. The molecular weight excluding hydrogens is 340 g/mol. The number of fused-ring (bicyclic) bond motifs is 1. The predicted octanol–water partition coefficient (Wildman–Crippen LogP) is 2.57. The van der Waals surface area contributed by atoms with E-state index in [1.54, 1.807) is 12.1 Å². The fourth-order valence-electron chi connectivity index (χ4n) is 2.71. The van der Waals surface area contributed by atoms with Crippen molar-refractivity contribution in [3.8, 4) is 40.1 Å². The molecule has 3 rings (SSSR count). The van der Waals surface area contributed by atoms with Gasteiger partial charge in [0.25, 0.3) is 0 Å². The Kier molecular flexibility index (Phi) is 4.62. The van der Waals surface area contributed by atoms with Crippen LogP contribution < -0.4 is 29.5 Å². The Balaban J connectivity index is 2.27. The van der Waals surface area contributed by atoms with Crippen molar-refractivity contribution in [2.45, 2.75) is 0 Å². The van der Waals surface area contributed by atoms with Crippen LogP contribution in [-0.4, -0.2) is 28.4 Å². The molecule has 2 aromatic carbocycles. The molecule has 7 nitrogen and oxygen atoms in total. The number of hydrogen-bond donors (Lipinski definition) is 0. The average molecular weight is 357 g/mol. The van der Waals surface area contributed by atoms with Crippen molar-refractivity contribution in [3.63, 3.8) is 0 Å². The summed E-state index contributed by atoms with van der Waals surface area (Å²) in [5.41, 5.74) is 0.238. The predicted molar refractivity (Wildman–Crippen MR) is 93.6 cm³/mol. The van der Waals surface area contributed by atoms with E-state index in [0.717, 1.165) is 0 Å². The Hall–Kier alpha value is -3.35. The molecule has 3 aromatic rings. The van der Waals surface area contributed by atoms with Gasteiger partial charge < -0.3 is 28.5 Å². The quantitative estimate of drug-likeness (QED) is 0.693. The third kappa shape index (κ3) is 2.88. The minimum absolute atomic E-state index is 0.0259. The fraction of sp³-hybridized carbons (Fsp3) is 0.211. The Morgan fingerprint density at radius 1 is 0.846 bits per heavy atom. The van der Waals surface area contributed by atoms with Crippen LogP contribution in [0.4, 0.5) is 0 Å². The monoisotopic (exact) mass is 357 g/mol. The summed E-state index contributed by atoms with van der Waals surface area (Å²) in [6.45, 7) is 0. The topological polar surface area (TPSA) is 90.2 Å². The Morgan fingerprint density at radius 2 is 1.50 bits per heavy atom. The summed E-state index contributed by atoms with van der Waals surface area (Å²) in [6.07, 6.45) is 0. The van der Waals surface area contributed by atoms with E-state index in [0.29, 0.717) is 28.6 Å². The lowest BCUT2D eigenvalue weighted by Gasteiger charge is -2.15. The molecule has 0 aliphatic carbocycles. The number of rotatable bonds is 5. The van der Waals surface area contributed by atoms with Crippen molar-refractivity contribution < 1.29 is 28.5 Å². The van der Waals surface area contributed by atoms with E-state index in [4.69, 9.17) is 23.4 Å². The van der Waals surface area contributed by atoms with Crippen LogP contribution in [0.3, 0.4) is 0 Å². The number of hydrogen-bond acceptors (Lipinski definition) is 7. The van der Waals surface area contributed by atoms with Gasteiger partial charge in [0.2, 0.25) is 5.75 Å². The van der Waals surface area contributed by atoms with Gasteiger partial charge in [-0.25, -0.2) is 0 Å². The molecule has 7 heteroatoms. The lowest BCUT2D eigenvalue weighted by Crippen LogP contribution is -2.05. The van der Waals surface area contributed by atoms with E-state index < -0.39 is 11.2 Å². The van der Waals surface area contributed by atoms with Crippen LogP contribution in [0.1, 0.15) is 0 Å². The second-order valence-electron chi connectivity index (χ2n) is 5.39. The molecule has 0 aliphatic rings. The third-order valence-corrected chi connectivity index (χ3v) is 3.95. The van der Waals surface area contributed by atoms with Gasteiger partial charge in [0.05, 0.1) is 33.8 Å². The second-order valence-corrected chi connectivity index (χ2v) is 5.39.